The summed E-state index contributed by atoms with van der Waals surface area (Å²) >= 11 is 0. The summed E-state index contributed by atoms with van der Waals surface area (Å²) in [4.78, 5) is 14.4. The van der Waals surface area contributed by atoms with Gasteiger partial charge in [-0.05, 0) is 25.1 Å². The molecule has 0 fully saturated rings. The molecule has 26 heavy (non-hydrogen) atoms. The van der Waals surface area contributed by atoms with E-state index in [0.29, 0.717) is 18.0 Å². The number of hydrogen-bond donors (Lipinski definition) is 0. The Morgan fingerprint density at radius 1 is 1.08 bits per heavy atom. The van der Waals surface area contributed by atoms with Crippen molar-refractivity contribution in [3.05, 3.63) is 60.2 Å². The van der Waals surface area contributed by atoms with Crippen LogP contribution >= 0.6 is 0 Å². The van der Waals surface area contributed by atoms with Crippen LogP contribution in [0.25, 0.3) is 0 Å². The highest BCUT2D eigenvalue weighted by Gasteiger charge is 2.31. The number of amides is 1. The number of rotatable bonds is 7. The van der Waals surface area contributed by atoms with Gasteiger partial charge < -0.3 is 9.64 Å². The smallest absolute Gasteiger partial charge is 0.246 e. The first-order chi connectivity index (χ1) is 12.3. The third-order valence-electron chi connectivity index (χ3n) is 4.05. The van der Waals surface area contributed by atoms with Gasteiger partial charge in [0.1, 0.15) is 11.8 Å². The normalized spacial score (nSPS) is 12.3. The quantitative estimate of drug-likeness (QED) is 0.745. The Morgan fingerprint density at radius 3 is 2.23 bits per heavy atom. The highest BCUT2D eigenvalue weighted by atomic mass is 32.2. The maximum atomic E-state index is 12.9. The van der Waals surface area contributed by atoms with Gasteiger partial charge in [-0.1, -0.05) is 36.4 Å². The lowest BCUT2D eigenvalue weighted by Gasteiger charge is -2.31. The molecule has 1 amide bonds. The minimum absolute atomic E-state index is 0.301. The number of ether oxygens (including phenoxy) is 1. The molecule has 0 unspecified atom stereocenters. The molecule has 0 saturated carbocycles. The predicted molar refractivity (Wildman–Crippen MR) is 103 cm³/mol. The first-order valence-electron chi connectivity index (χ1n) is 8.17. The molecule has 2 rings (SSSR count). The van der Waals surface area contributed by atoms with Crippen molar-refractivity contribution in [1.29, 1.82) is 0 Å². The lowest BCUT2D eigenvalue weighted by atomic mass is 10.1. The third-order valence-corrected chi connectivity index (χ3v) is 5.30. The van der Waals surface area contributed by atoms with Crippen LogP contribution in [-0.2, 0) is 21.4 Å². The highest BCUT2D eigenvalue weighted by molar-refractivity contribution is 7.92. The van der Waals surface area contributed by atoms with Crippen LogP contribution in [0.3, 0.4) is 0 Å². The molecule has 0 aromatic heterocycles. The van der Waals surface area contributed by atoms with Crippen molar-refractivity contribution in [2.75, 3.05) is 24.7 Å². The van der Waals surface area contributed by atoms with Gasteiger partial charge in [0.15, 0.2) is 0 Å². The van der Waals surface area contributed by atoms with E-state index in [4.69, 9.17) is 4.74 Å². The number of carbonyl (C=O) groups is 1. The second-order valence-corrected chi connectivity index (χ2v) is 7.94. The Balaban J connectivity index is 2.25. The number of nitrogens with zero attached hydrogens (tertiary/aromatic N) is 2. The van der Waals surface area contributed by atoms with Crippen molar-refractivity contribution in [3.63, 3.8) is 0 Å². The zero-order valence-corrected chi connectivity index (χ0v) is 16.2. The summed E-state index contributed by atoms with van der Waals surface area (Å²) in [6.07, 6.45) is 1.10. The fraction of sp³-hybridized carbons (Fsp3) is 0.316. The molecule has 0 saturated heterocycles. The van der Waals surface area contributed by atoms with Crippen LogP contribution < -0.4 is 9.04 Å². The third kappa shape index (κ3) is 4.54. The Bertz CT molecular complexity index is 853. The number of hydrogen-bond acceptors (Lipinski definition) is 4. The van der Waals surface area contributed by atoms with E-state index < -0.39 is 16.1 Å². The van der Waals surface area contributed by atoms with E-state index in [1.165, 1.54) is 4.90 Å². The van der Waals surface area contributed by atoms with Crippen molar-refractivity contribution in [1.82, 2.24) is 4.90 Å². The van der Waals surface area contributed by atoms with E-state index in [2.05, 4.69) is 0 Å². The summed E-state index contributed by atoms with van der Waals surface area (Å²) in [7, 11) is -0.397. The molecule has 1 atom stereocenters. The van der Waals surface area contributed by atoms with Crippen molar-refractivity contribution >= 4 is 21.6 Å². The van der Waals surface area contributed by atoms with Crippen LogP contribution in [-0.4, -0.2) is 45.7 Å². The van der Waals surface area contributed by atoms with Crippen LogP contribution in [0.5, 0.6) is 5.75 Å². The summed E-state index contributed by atoms with van der Waals surface area (Å²) in [5, 5.41) is 0. The molecule has 0 bridgehead atoms. The van der Waals surface area contributed by atoms with Gasteiger partial charge in [0.2, 0.25) is 15.9 Å². The molecular formula is C19H24N2O4S. The topological polar surface area (TPSA) is 66.9 Å². The number of benzene rings is 2. The maximum Gasteiger partial charge on any atom is 0.246 e. The molecule has 6 nitrogen and oxygen atoms in total. The van der Waals surface area contributed by atoms with Crippen molar-refractivity contribution < 1.29 is 17.9 Å². The minimum atomic E-state index is -3.62. The molecule has 0 heterocycles. The average molecular weight is 376 g/mol. The summed E-state index contributed by atoms with van der Waals surface area (Å²) in [6.45, 7) is 1.91. The van der Waals surface area contributed by atoms with Crippen LogP contribution in [0.15, 0.2) is 54.6 Å². The standard InChI is InChI=1S/C19H24N2O4S/c1-15(21(26(4,23)24)17-11-6-5-7-12-17)19(22)20(2)14-16-10-8-9-13-18(16)25-3/h5-13,15H,14H2,1-4H3/t15-/m0/s1. The van der Waals surface area contributed by atoms with Gasteiger partial charge in [0.25, 0.3) is 0 Å². The summed E-state index contributed by atoms with van der Waals surface area (Å²) in [6, 6.07) is 15.2. The Morgan fingerprint density at radius 2 is 1.65 bits per heavy atom. The van der Waals surface area contributed by atoms with Gasteiger partial charge in [-0.15, -0.1) is 0 Å². The number of sulfonamides is 1. The van der Waals surface area contributed by atoms with Crippen molar-refractivity contribution in [3.8, 4) is 5.75 Å². The Labute approximate surface area is 155 Å². The van der Waals surface area contributed by atoms with E-state index in [1.807, 2.05) is 24.3 Å². The zero-order chi connectivity index (χ0) is 19.3. The first-order valence-corrected chi connectivity index (χ1v) is 10.0. The summed E-state index contributed by atoms with van der Waals surface area (Å²) in [5.74, 6) is 0.382. The van der Waals surface area contributed by atoms with Crippen LogP contribution in [0.4, 0.5) is 5.69 Å². The molecule has 0 radical (unpaired) electrons. The number of methoxy groups -OCH3 is 1. The molecule has 2 aromatic carbocycles. The first kappa shape index (κ1) is 19.8. The summed E-state index contributed by atoms with van der Waals surface area (Å²) in [5.41, 5.74) is 1.31. The largest absolute Gasteiger partial charge is 0.496 e. The average Bonchev–Trinajstić information content (AvgIpc) is 2.61. The minimum Gasteiger partial charge on any atom is -0.496 e. The molecular weight excluding hydrogens is 352 g/mol. The molecule has 140 valence electrons. The second kappa shape index (κ2) is 8.23. The van der Waals surface area contributed by atoms with Crippen molar-refractivity contribution in [2.45, 2.75) is 19.5 Å². The second-order valence-electron chi connectivity index (χ2n) is 6.08. The molecule has 0 spiro atoms. The van der Waals surface area contributed by atoms with E-state index >= 15 is 0 Å². The fourth-order valence-corrected chi connectivity index (χ4v) is 4.03. The Hall–Kier alpha value is -2.54. The van der Waals surface area contributed by atoms with Gasteiger partial charge in [-0.25, -0.2) is 8.42 Å². The lowest BCUT2D eigenvalue weighted by molar-refractivity contribution is -0.131. The molecule has 0 N–H and O–H groups in total. The van der Waals surface area contributed by atoms with Crippen LogP contribution in [0, 0.1) is 0 Å². The van der Waals surface area contributed by atoms with Gasteiger partial charge in [-0.3, -0.25) is 9.10 Å². The molecule has 0 aliphatic carbocycles. The van der Waals surface area contributed by atoms with Crippen molar-refractivity contribution in [2.24, 2.45) is 0 Å². The van der Waals surface area contributed by atoms with Gasteiger partial charge >= 0.3 is 0 Å². The predicted octanol–water partition coefficient (Wildman–Crippen LogP) is 2.51. The van der Waals surface area contributed by atoms with Gasteiger partial charge in [0, 0.05) is 19.2 Å². The van der Waals surface area contributed by atoms with E-state index in [9.17, 15) is 13.2 Å². The molecule has 0 aliphatic heterocycles. The number of para-hydroxylation sites is 2. The van der Waals surface area contributed by atoms with E-state index in [1.54, 1.807) is 51.4 Å². The fourth-order valence-electron chi connectivity index (χ4n) is 2.86. The number of likely N-dealkylation sites (N-methyl/N-ethyl adjacent to an activating group) is 1. The van der Waals surface area contributed by atoms with E-state index in [-0.39, 0.29) is 5.91 Å². The maximum absolute atomic E-state index is 12.9. The number of anilines is 1. The molecule has 7 heteroatoms. The van der Waals surface area contributed by atoms with Crippen LogP contribution in [0.2, 0.25) is 0 Å². The van der Waals surface area contributed by atoms with Gasteiger partial charge in [-0.2, -0.15) is 0 Å². The lowest BCUT2D eigenvalue weighted by Crippen LogP contribution is -2.48. The zero-order valence-electron chi connectivity index (χ0n) is 15.4. The van der Waals surface area contributed by atoms with Crippen LogP contribution in [0.1, 0.15) is 12.5 Å². The highest BCUT2D eigenvalue weighted by Crippen LogP contribution is 2.23. The molecule has 2 aromatic rings. The SMILES string of the molecule is COc1ccccc1CN(C)C(=O)[C@H](C)N(c1ccccc1)S(C)(=O)=O. The Kier molecular flexibility index (Phi) is 6.26. The monoisotopic (exact) mass is 376 g/mol. The molecule has 0 aliphatic rings. The number of carbonyl (C=O) groups excluding carboxylic acids is 1. The van der Waals surface area contributed by atoms with Gasteiger partial charge in [0.05, 0.1) is 19.1 Å². The summed E-state index contributed by atoms with van der Waals surface area (Å²) < 4.78 is 31.0. The van der Waals surface area contributed by atoms with E-state index in [0.717, 1.165) is 16.1 Å².